The summed E-state index contributed by atoms with van der Waals surface area (Å²) in [5.41, 5.74) is 2.08. The van der Waals surface area contributed by atoms with Crippen LogP contribution in [0.15, 0.2) is 4.79 Å². The molecule has 0 unspecified atom stereocenters. The molecule has 6 nitrogen and oxygen atoms in total. The third kappa shape index (κ3) is 4.70. The van der Waals surface area contributed by atoms with Crippen LogP contribution in [0.25, 0.3) is 0 Å². The fraction of sp³-hybridized carbons (Fsp3) is 0.632. The number of nitrogens with one attached hydrogen (secondary N) is 1. The van der Waals surface area contributed by atoms with Crippen LogP contribution in [0.3, 0.4) is 0 Å². The molecule has 136 valence electrons. The summed E-state index contributed by atoms with van der Waals surface area (Å²) in [6.45, 7) is 7.83. The number of nitriles is 1. The van der Waals surface area contributed by atoms with Crippen molar-refractivity contribution in [3.63, 3.8) is 0 Å². The molecule has 1 fully saturated rings. The quantitative estimate of drug-likeness (QED) is 0.856. The molecule has 1 aliphatic rings. The Bertz CT molecular complexity index is 718. The van der Waals surface area contributed by atoms with Gasteiger partial charge in [0, 0.05) is 31.8 Å². The van der Waals surface area contributed by atoms with Gasteiger partial charge in [0.15, 0.2) is 0 Å². The zero-order chi connectivity index (χ0) is 18.4. The Hall–Kier alpha value is -2.13. The van der Waals surface area contributed by atoms with Crippen LogP contribution < -0.4 is 5.56 Å². The standard InChI is InChI=1S/C19H27N3O3/c1-4-10-25-15-6-5-9-22(12-15)18(23)8-7-16-13(2)17(11-20)19(24)21-14(16)3/h15H,4-10,12H2,1-3H3,(H,21,24)/t15-/m0/s1. The molecule has 1 saturated heterocycles. The third-order valence-corrected chi connectivity index (χ3v) is 4.80. The Labute approximate surface area is 148 Å². The predicted octanol–water partition coefficient (Wildman–Crippen LogP) is 2.21. The van der Waals surface area contributed by atoms with Gasteiger partial charge in [0.2, 0.25) is 5.91 Å². The molecule has 25 heavy (non-hydrogen) atoms. The van der Waals surface area contributed by atoms with Crippen molar-refractivity contribution in [3.8, 4) is 6.07 Å². The number of ether oxygens (including phenoxy) is 1. The maximum atomic E-state index is 12.6. The first kappa shape index (κ1) is 19.2. The monoisotopic (exact) mass is 345 g/mol. The maximum absolute atomic E-state index is 12.6. The molecular formula is C19H27N3O3. The number of nitrogens with zero attached hydrogens (tertiary/aromatic N) is 2. The van der Waals surface area contributed by atoms with E-state index in [2.05, 4.69) is 11.9 Å². The van der Waals surface area contributed by atoms with Crippen LogP contribution in [0.5, 0.6) is 0 Å². The third-order valence-electron chi connectivity index (χ3n) is 4.80. The maximum Gasteiger partial charge on any atom is 0.266 e. The topological polar surface area (TPSA) is 86.2 Å². The summed E-state index contributed by atoms with van der Waals surface area (Å²) >= 11 is 0. The van der Waals surface area contributed by atoms with Gasteiger partial charge < -0.3 is 14.6 Å². The van der Waals surface area contributed by atoms with Gasteiger partial charge in [0.1, 0.15) is 11.6 Å². The van der Waals surface area contributed by atoms with Gasteiger partial charge in [-0.3, -0.25) is 9.59 Å². The van der Waals surface area contributed by atoms with Crippen molar-refractivity contribution >= 4 is 5.91 Å². The van der Waals surface area contributed by atoms with E-state index in [0.717, 1.165) is 43.7 Å². The van der Waals surface area contributed by atoms with Crippen LogP contribution in [-0.4, -0.2) is 41.6 Å². The van der Waals surface area contributed by atoms with Gasteiger partial charge in [-0.1, -0.05) is 6.92 Å². The van der Waals surface area contributed by atoms with E-state index in [4.69, 9.17) is 10.00 Å². The zero-order valence-corrected chi connectivity index (χ0v) is 15.4. The molecule has 2 heterocycles. The van der Waals surface area contributed by atoms with Crippen molar-refractivity contribution in [2.24, 2.45) is 0 Å². The van der Waals surface area contributed by atoms with Gasteiger partial charge >= 0.3 is 0 Å². The number of pyridine rings is 1. The average Bonchev–Trinajstić information content (AvgIpc) is 2.60. The predicted molar refractivity (Wildman–Crippen MR) is 95.4 cm³/mol. The first-order chi connectivity index (χ1) is 12.0. The molecule has 1 aromatic heterocycles. The number of carbonyl (C=O) groups is 1. The van der Waals surface area contributed by atoms with Crippen LogP contribution in [0.1, 0.15) is 55.0 Å². The largest absolute Gasteiger partial charge is 0.376 e. The molecule has 0 aliphatic carbocycles. The van der Waals surface area contributed by atoms with E-state index in [9.17, 15) is 9.59 Å². The van der Waals surface area contributed by atoms with Crippen molar-refractivity contribution < 1.29 is 9.53 Å². The van der Waals surface area contributed by atoms with Gasteiger partial charge in [-0.05, 0) is 50.7 Å². The summed E-state index contributed by atoms with van der Waals surface area (Å²) in [4.78, 5) is 28.9. The summed E-state index contributed by atoms with van der Waals surface area (Å²) < 4.78 is 5.79. The lowest BCUT2D eigenvalue weighted by Gasteiger charge is -2.32. The Balaban J connectivity index is 2.01. The van der Waals surface area contributed by atoms with Crippen molar-refractivity contribution in [2.75, 3.05) is 19.7 Å². The fourth-order valence-corrected chi connectivity index (χ4v) is 3.40. The van der Waals surface area contributed by atoms with Crippen molar-refractivity contribution in [1.29, 1.82) is 5.26 Å². The Morgan fingerprint density at radius 3 is 2.88 bits per heavy atom. The van der Waals surface area contributed by atoms with E-state index in [1.165, 1.54) is 0 Å². The molecule has 1 N–H and O–H groups in total. The second-order valence-electron chi connectivity index (χ2n) is 6.64. The first-order valence-corrected chi connectivity index (χ1v) is 8.99. The lowest BCUT2D eigenvalue weighted by atomic mass is 9.98. The van der Waals surface area contributed by atoms with Gasteiger partial charge in [-0.25, -0.2) is 0 Å². The van der Waals surface area contributed by atoms with E-state index in [-0.39, 0.29) is 23.1 Å². The van der Waals surface area contributed by atoms with E-state index < -0.39 is 0 Å². The number of carbonyl (C=O) groups excluding carboxylic acids is 1. The summed E-state index contributed by atoms with van der Waals surface area (Å²) in [5, 5.41) is 9.14. The highest BCUT2D eigenvalue weighted by atomic mass is 16.5. The number of hydrogen-bond acceptors (Lipinski definition) is 4. The molecule has 0 spiro atoms. The molecule has 1 atom stereocenters. The minimum absolute atomic E-state index is 0.105. The van der Waals surface area contributed by atoms with Crippen molar-refractivity contribution in [3.05, 3.63) is 32.7 Å². The number of aromatic nitrogens is 1. The SMILES string of the molecule is CCCO[C@H]1CCCN(C(=O)CCc2c(C)[nH]c(=O)c(C#N)c2C)C1. The zero-order valence-electron chi connectivity index (χ0n) is 15.4. The number of likely N-dealkylation sites (tertiary alicyclic amines) is 1. The normalized spacial score (nSPS) is 17.4. The highest BCUT2D eigenvalue weighted by Crippen LogP contribution is 2.18. The molecule has 0 aromatic carbocycles. The minimum atomic E-state index is -0.362. The van der Waals surface area contributed by atoms with Gasteiger partial charge in [0.25, 0.3) is 5.56 Å². The molecule has 2 rings (SSSR count). The Kier molecular flexibility index (Phi) is 6.77. The van der Waals surface area contributed by atoms with Crippen molar-refractivity contribution in [1.82, 2.24) is 9.88 Å². The fourth-order valence-electron chi connectivity index (χ4n) is 3.40. The van der Waals surface area contributed by atoms with Crippen LogP contribution in [0.2, 0.25) is 0 Å². The van der Waals surface area contributed by atoms with E-state index in [1.54, 1.807) is 6.92 Å². The van der Waals surface area contributed by atoms with E-state index in [0.29, 0.717) is 24.9 Å². The summed E-state index contributed by atoms with van der Waals surface area (Å²) in [7, 11) is 0. The lowest BCUT2D eigenvalue weighted by molar-refractivity contribution is -0.135. The summed E-state index contributed by atoms with van der Waals surface area (Å²) in [5.74, 6) is 0.105. The highest BCUT2D eigenvalue weighted by Gasteiger charge is 2.24. The number of hydrogen-bond donors (Lipinski definition) is 1. The smallest absolute Gasteiger partial charge is 0.266 e. The Morgan fingerprint density at radius 2 is 2.20 bits per heavy atom. The Morgan fingerprint density at radius 1 is 1.44 bits per heavy atom. The number of piperidine rings is 1. The molecule has 1 aromatic rings. The van der Waals surface area contributed by atoms with E-state index >= 15 is 0 Å². The molecule has 0 saturated carbocycles. The van der Waals surface area contributed by atoms with Crippen molar-refractivity contribution in [2.45, 2.75) is 59.0 Å². The number of aryl methyl sites for hydroxylation is 1. The molecule has 1 aliphatic heterocycles. The molecule has 0 bridgehead atoms. The number of aromatic amines is 1. The van der Waals surface area contributed by atoms with Gasteiger partial charge in [-0.2, -0.15) is 5.26 Å². The van der Waals surface area contributed by atoms with Gasteiger partial charge in [0.05, 0.1) is 6.10 Å². The van der Waals surface area contributed by atoms with E-state index in [1.807, 2.05) is 17.9 Å². The lowest BCUT2D eigenvalue weighted by Crippen LogP contribution is -2.43. The average molecular weight is 345 g/mol. The molecular weight excluding hydrogens is 318 g/mol. The second-order valence-corrected chi connectivity index (χ2v) is 6.64. The van der Waals surface area contributed by atoms with Crippen LogP contribution >= 0.6 is 0 Å². The first-order valence-electron chi connectivity index (χ1n) is 8.99. The summed E-state index contributed by atoms with van der Waals surface area (Å²) in [6.07, 6.45) is 4.00. The molecule has 6 heteroatoms. The molecule has 1 amide bonds. The summed E-state index contributed by atoms with van der Waals surface area (Å²) in [6, 6.07) is 1.95. The van der Waals surface area contributed by atoms with Gasteiger partial charge in [-0.15, -0.1) is 0 Å². The van der Waals surface area contributed by atoms with Crippen LogP contribution in [0.4, 0.5) is 0 Å². The number of rotatable bonds is 6. The molecule has 0 radical (unpaired) electrons. The highest BCUT2D eigenvalue weighted by molar-refractivity contribution is 5.76. The number of H-pyrrole nitrogens is 1. The minimum Gasteiger partial charge on any atom is -0.376 e. The second kappa shape index (κ2) is 8.82. The van der Waals surface area contributed by atoms with Crippen LogP contribution in [0, 0.1) is 25.2 Å². The van der Waals surface area contributed by atoms with Crippen LogP contribution in [-0.2, 0) is 16.0 Å². The number of amides is 1.